The molecular formula is C17H18Cl2N2O5. The van der Waals surface area contributed by atoms with Gasteiger partial charge in [0.05, 0.1) is 27.4 Å². The monoisotopic (exact) mass is 400 g/mol. The number of halogens is 2. The average Bonchev–Trinajstić information content (AvgIpc) is 3.09. The molecule has 0 N–H and O–H groups in total. The van der Waals surface area contributed by atoms with E-state index in [2.05, 4.69) is 4.98 Å². The van der Waals surface area contributed by atoms with Crippen molar-refractivity contribution in [3.8, 4) is 0 Å². The van der Waals surface area contributed by atoms with Crippen LogP contribution in [0.15, 0.2) is 18.5 Å². The second-order valence-corrected chi connectivity index (χ2v) is 6.84. The van der Waals surface area contributed by atoms with Crippen LogP contribution in [0.3, 0.4) is 0 Å². The lowest BCUT2D eigenvalue weighted by Gasteiger charge is -2.23. The van der Waals surface area contributed by atoms with E-state index in [1.54, 1.807) is 23.0 Å². The minimum Gasteiger partial charge on any atom is -0.456 e. The first-order valence-corrected chi connectivity index (χ1v) is 8.89. The number of carbonyl (C=O) groups is 2. The van der Waals surface area contributed by atoms with Gasteiger partial charge in [-0.05, 0) is 18.6 Å². The SMILES string of the molecule is CC[C@H]1O[C@@H](n2cnc3cc(Cl)c(Cl)cc32)C(OC(C)=O)[C@@H]1OC(C)=O. The highest BCUT2D eigenvalue weighted by atomic mass is 35.5. The molecule has 1 aliphatic heterocycles. The van der Waals surface area contributed by atoms with Crippen LogP contribution >= 0.6 is 23.2 Å². The Bertz CT molecular complexity index is 853. The minimum absolute atomic E-state index is 0.367. The van der Waals surface area contributed by atoms with E-state index in [0.717, 1.165) is 0 Å². The van der Waals surface area contributed by atoms with E-state index in [1.165, 1.54) is 13.8 Å². The van der Waals surface area contributed by atoms with E-state index in [1.807, 2.05) is 6.92 Å². The fourth-order valence-electron chi connectivity index (χ4n) is 3.14. The van der Waals surface area contributed by atoms with Crippen LogP contribution in [0.5, 0.6) is 0 Å². The highest BCUT2D eigenvalue weighted by Crippen LogP contribution is 2.38. The first kappa shape index (κ1) is 18.9. The molecule has 140 valence electrons. The van der Waals surface area contributed by atoms with E-state index < -0.39 is 36.5 Å². The van der Waals surface area contributed by atoms with Gasteiger partial charge in [0.25, 0.3) is 0 Å². The predicted molar refractivity (Wildman–Crippen MR) is 95.1 cm³/mol. The summed E-state index contributed by atoms with van der Waals surface area (Å²) in [4.78, 5) is 27.4. The van der Waals surface area contributed by atoms with Gasteiger partial charge in [-0.2, -0.15) is 0 Å². The number of ether oxygens (including phenoxy) is 3. The number of fused-ring (bicyclic) bond motifs is 1. The summed E-state index contributed by atoms with van der Waals surface area (Å²) in [5.41, 5.74) is 1.29. The van der Waals surface area contributed by atoms with Gasteiger partial charge in [0.2, 0.25) is 0 Å². The fourth-order valence-corrected chi connectivity index (χ4v) is 3.45. The third-order valence-corrected chi connectivity index (χ3v) is 4.91. The number of aromatic nitrogens is 2. The van der Waals surface area contributed by atoms with Crippen LogP contribution < -0.4 is 0 Å². The molecule has 1 aromatic carbocycles. The van der Waals surface area contributed by atoms with E-state index >= 15 is 0 Å². The number of hydrogen-bond acceptors (Lipinski definition) is 6. The summed E-state index contributed by atoms with van der Waals surface area (Å²) in [6.45, 7) is 4.50. The number of carbonyl (C=O) groups excluding carboxylic acids is 2. The normalized spacial score (nSPS) is 25.4. The number of esters is 2. The molecule has 0 aliphatic carbocycles. The summed E-state index contributed by atoms with van der Waals surface area (Å²) in [6.07, 6.45) is -0.531. The summed E-state index contributed by atoms with van der Waals surface area (Å²) in [5, 5.41) is 0.754. The van der Waals surface area contributed by atoms with Crippen LogP contribution in [0.2, 0.25) is 10.0 Å². The van der Waals surface area contributed by atoms with E-state index in [9.17, 15) is 9.59 Å². The fraction of sp³-hybridized carbons (Fsp3) is 0.471. The molecule has 26 heavy (non-hydrogen) atoms. The summed E-state index contributed by atoms with van der Waals surface area (Å²) in [7, 11) is 0. The van der Waals surface area contributed by atoms with Gasteiger partial charge in [0.15, 0.2) is 18.4 Å². The Morgan fingerprint density at radius 3 is 2.38 bits per heavy atom. The molecule has 0 spiro atoms. The Kier molecular flexibility index (Phi) is 5.41. The van der Waals surface area contributed by atoms with Crippen molar-refractivity contribution in [2.45, 2.75) is 51.7 Å². The number of imidazole rings is 1. The summed E-state index contributed by atoms with van der Waals surface area (Å²) < 4.78 is 18.6. The van der Waals surface area contributed by atoms with Crippen LogP contribution in [-0.4, -0.2) is 39.8 Å². The van der Waals surface area contributed by atoms with Crippen molar-refractivity contribution >= 4 is 46.2 Å². The van der Waals surface area contributed by atoms with Gasteiger partial charge < -0.3 is 18.8 Å². The Balaban J connectivity index is 2.05. The van der Waals surface area contributed by atoms with Gasteiger partial charge >= 0.3 is 11.9 Å². The molecular weight excluding hydrogens is 383 g/mol. The molecule has 1 fully saturated rings. The molecule has 3 rings (SSSR count). The van der Waals surface area contributed by atoms with Gasteiger partial charge in [0.1, 0.15) is 6.10 Å². The lowest BCUT2D eigenvalue weighted by molar-refractivity contribution is -0.165. The highest BCUT2D eigenvalue weighted by molar-refractivity contribution is 6.42. The predicted octanol–water partition coefficient (Wildman–Crippen LogP) is 3.51. The third kappa shape index (κ3) is 3.51. The van der Waals surface area contributed by atoms with Crippen LogP contribution in [-0.2, 0) is 23.8 Å². The topological polar surface area (TPSA) is 79.7 Å². The largest absolute Gasteiger partial charge is 0.456 e. The first-order chi connectivity index (χ1) is 12.3. The van der Waals surface area contributed by atoms with Crippen LogP contribution in [0.4, 0.5) is 0 Å². The molecule has 9 heteroatoms. The molecule has 0 bridgehead atoms. The van der Waals surface area contributed by atoms with E-state index in [4.69, 9.17) is 37.4 Å². The molecule has 4 atom stereocenters. The van der Waals surface area contributed by atoms with Crippen molar-refractivity contribution in [1.82, 2.24) is 9.55 Å². The van der Waals surface area contributed by atoms with Crippen LogP contribution in [0, 0.1) is 0 Å². The Morgan fingerprint density at radius 2 is 1.77 bits per heavy atom. The minimum atomic E-state index is -0.812. The molecule has 2 heterocycles. The summed E-state index contributed by atoms with van der Waals surface area (Å²) in [6, 6.07) is 3.31. The van der Waals surface area contributed by atoms with Crippen molar-refractivity contribution in [3.63, 3.8) is 0 Å². The third-order valence-electron chi connectivity index (χ3n) is 4.18. The molecule has 1 unspecified atom stereocenters. The molecule has 0 radical (unpaired) electrons. The molecule has 7 nitrogen and oxygen atoms in total. The standard InChI is InChI=1S/C17H18Cl2N2O5/c1-4-14-15(24-8(2)22)16(25-9(3)23)17(26-14)21-7-20-12-5-10(18)11(19)6-13(12)21/h5-7,14-17H,4H2,1-3H3/t14-,15-,16?,17-/m1/s1. The van der Waals surface area contributed by atoms with Gasteiger partial charge in [0, 0.05) is 13.8 Å². The van der Waals surface area contributed by atoms with Crippen molar-refractivity contribution in [3.05, 3.63) is 28.5 Å². The zero-order chi connectivity index (χ0) is 19.0. The Morgan fingerprint density at radius 1 is 1.15 bits per heavy atom. The number of rotatable bonds is 4. The van der Waals surface area contributed by atoms with Crippen LogP contribution in [0.1, 0.15) is 33.4 Å². The summed E-state index contributed by atoms with van der Waals surface area (Å²) in [5.74, 6) is -0.969. The van der Waals surface area contributed by atoms with Crippen molar-refractivity contribution in [1.29, 1.82) is 0 Å². The number of benzene rings is 1. The smallest absolute Gasteiger partial charge is 0.303 e. The van der Waals surface area contributed by atoms with Crippen molar-refractivity contribution < 1.29 is 23.8 Å². The molecule has 1 aromatic heterocycles. The highest BCUT2D eigenvalue weighted by Gasteiger charge is 2.49. The van der Waals surface area contributed by atoms with E-state index in [-0.39, 0.29) is 0 Å². The first-order valence-electron chi connectivity index (χ1n) is 8.13. The van der Waals surface area contributed by atoms with Gasteiger partial charge in [-0.15, -0.1) is 0 Å². The average molecular weight is 401 g/mol. The number of hydrogen-bond donors (Lipinski definition) is 0. The van der Waals surface area contributed by atoms with Crippen LogP contribution in [0.25, 0.3) is 11.0 Å². The molecule has 1 aliphatic rings. The molecule has 1 saturated heterocycles. The van der Waals surface area contributed by atoms with Crippen molar-refractivity contribution in [2.75, 3.05) is 0 Å². The zero-order valence-electron chi connectivity index (χ0n) is 14.4. The zero-order valence-corrected chi connectivity index (χ0v) is 16.0. The maximum absolute atomic E-state index is 11.6. The lowest BCUT2D eigenvalue weighted by Crippen LogP contribution is -2.38. The van der Waals surface area contributed by atoms with Crippen molar-refractivity contribution in [2.24, 2.45) is 0 Å². The molecule has 0 amide bonds. The second-order valence-electron chi connectivity index (χ2n) is 6.03. The van der Waals surface area contributed by atoms with Gasteiger partial charge in [-0.25, -0.2) is 4.98 Å². The molecule has 2 aromatic rings. The Labute approximate surface area is 160 Å². The lowest BCUT2D eigenvalue weighted by atomic mass is 10.1. The quantitative estimate of drug-likeness (QED) is 0.730. The van der Waals surface area contributed by atoms with E-state index in [0.29, 0.717) is 27.5 Å². The summed E-state index contributed by atoms with van der Waals surface area (Å²) >= 11 is 12.2. The second kappa shape index (κ2) is 7.42. The number of nitrogens with zero attached hydrogens (tertiary/aromatic N) is 2. The maximum Gasteiger partial charge on any atom is 0.303 e. The van der Waals surface area contributed by atoms with Gasteiger partial charge in [-0.3, -0.25) is 9.59 Å². The van der Waals surface area contributed by atoms with Gasteiger partial charge in [-0.1, -0.05) is 30.1 Å². The Hall–Kier alpha value is -1.83. The molecule has 0 saturated carbocycles. The maximum atomic E-state index is 11.6.